The predicted molar refractivity (Wildman–Crippen MR) is 75.1 cm³/mol. The van der Waals surface area contributed by atoms with E-state index in [9.17, 15) is 10.2 Å². The van der Waals surface area contributed by atoms with Crippen molar-refractivity contribution >= 4 is 17.3 Å². The summed E-state index contributed by atoms with van der Waals surface area (Å²) in [5.41, 5.74) is -0.217. The summed E-state index contributed by atoms with van der Waals surface area (Å²) in [4.78, 5) is 0. The van der Waals surface area contributed by atoms with Crippen LogP contribution in [-0.2, 0) is 9.47 Å². The van der Waals surface area contributed by atoms with Crippen LogP contribution in [0.2, 0.25) is 0 Å². The normalized spacial score (nSPS) is 34.2. The second-order valence-electron chi connectivity index (χ2n) is 4.97. The van der Waals surface area contributed by atoms with E-state index in [0.717, 1.165) is 5.56 Å². The van der Waals surface area contributed by atoms with E-state index >= 15 is 0 Å². The monoisotopic (exact) mass is 282 g/mol. The van der Waals surface area contributed by atoms with E-state index in [-0.39, 0.29) is 12.7 Å². The molecule has 4 nitrogen and oxygen atoms in total. The molecule has 0 spiro atoms. The molecule has 1 saturated heterocycles. The maximum absolute atomic E-state index is 10.2. The lowest BCUT2D eigenvalue weighted by Gasteiger charge is -2.25. The zero-order chi connectivity index (χ0) is 14.0. The molecular formula is C14H18O4S. The highest BCUT2D eigenvalue weighted by Crippen LogP contribution is 2.32. The van der Waals surface area contributed by atoms with Crippen LogP contribution in [0.1, 0.15) is 19.4 Å². The highest BCUT2D eigenvalue weighted by atomic mass is 32.1. The molecule has 1 aliphatic heterocycles. The average Bonchev–Trinajstić information content (AvgIpc) is 2.64. The van der Waals surface area contributed by atoms with Crippen molar-refractivity contribution in [1.82, 2.24) is 0 Å². The third-order valence-electron chi connectivity index (χ3n) is 3.42. The standard InChI is InChI=1S/C14H18O4S/c1-9-11(12(16)14(2,8-15)18-9)17-13(19)10-6-4-3-5-7-10/h3-7,9,11-12,15-16H,8H2,1-2H3/t9-,11?,12+,14+/m0/s1. The lowest BCUT2D eigenvalue weighted by molar-refractivity contribution is -0.0950. The van der Waals surface area contributed by atoms with Crippen LogP contribution in [0.4, 0.5) is 0 Å². The lowest BCUT2D eigenvalue weighted by Crippen LogP contribution is -2.44. The summed E-state index contributed by atoms with van der Waals surface area (Å²) in [6, 6.07) is 9.33. The van der Waals surface area contributed by atoms with Crippen molar-refractivity contribution in [3.05, 3.63) is 35.9 Å². The van der Waals surface area contributed by atoms with Crippen molar-refractivity contribution in [3.63, 3.8) is 0 Å². The van der Waals surface area contributed by atoms with Crippen molar-refractivity contribution in [2.24, 2.45) is 0 Å². The van der Waals surface area contributed by atoms with Gasteiger partial charge in [-0.15, -0.1) is 0 Å². The van der Waals surface area contributed by atoms with E-state index in [0.29, 0.717) is 5.05 Å². The van der Waals surface area contributed by atoms with Gasteiger partial charge in [0.15, 0.2) is 11.2 Å². The summed E-state index contributed by atoms with van der Waals surface area (Å²) in [5.74, 6) is 0. The Labute approximate surface area is 118 Å². The van der Waals surface area contributed by atoms with Gasteiger partial charge in [0.2, 0.25) is 0 Å². The van der Waals surface area contributed by atoms with Crippen LogP contribution in [0, 0.1) is 0 Å². The van der Waals surface area contributed by atoms with E-state index in [1.54, 1.807) is 13.8 Å². The van der Waals surface area contributed by atoms with Crippen molar-refractivity contribution in [3.8, 4) is 0 Å². The number of rotatable bonds is 3. The van der Waals surface area contributed by atoms with Gasteiger partial charge in [0.05, 0.1) is 12.7 Å². The number of hydrogen-bond acceptors (Lipinski definition) is 5. The van der Waals surface area contributed by atoms with Gasteiger partial charge in [-0.25, -0.2) is 0 Å². The van der Waals surface area contributed by atoms with Gasteiger partial charge in [0.1, 0.15) is 11.7 Å². The Kier molecular flexibility index (Phi) is 4.20. The van der Waals surface area contributed by atoms with Crippen LogP contribution >= 0.6 is 12.2 Å². The smallest absolute Gasteiger partial charge is 0.191 e. The minimum Gasteiger partial charge on any atom is -0.474 e. The Bertz CT molecular complexity index is 450. The Balaban J connectivity index is 2.09. The first-order chi connectivity index (χ1) is 8.98. The molecule has 5 heteroatoms. The molecule has 0 radical (unpaired) electrons. The molecular weight excluding hydrogens is 264 g/mol. The molecule has 0 aliphatic carbocycles. The zero-order valence-corrected chi connectivity index (χ0v) is 11.8. The fraction of sp³-hybridized carbons (Fsp3) is 0.500. The zero-order valence-electron chi connectivity index (χ0n) is 10.9. The predicted octanol–water partition coefficient (Wildman–Crippen LogP) is 1.28. The maximum atomic E-state index is 10.2. The lowest BCUT2D eigenvalue weighted by atomic mass is 9.97. The Hall–Kier alpha value is -1.01. The first-order valence-electron chi connectivity index (χ1n) is 6.21. The van der Waals surface area contributed by atoms with Gasteiger partial charge in [0.25, 0.3) is 0 Å². The Morgan fingerprint density at radius 2 is 2.05 bits per heavy atom. The van der Waals surface area contributed by atoms with Crippen LogP contribution < -0.4 is 0 Å². The van der Waals surface area contributed by atoms with Crippen LogP contribution in [-0.4, -0.2) is 45.8 Å². The van der Waals surface area contributed by atoms with Crippen molar-refractivity contribution in [2.75, 3.05) is 6.61 Å². The van der Waals surface area contributed by atoms with E-state index in [1.165, 1.54) is 0 Å². The number of aliphatic hydroxyl groups is 2. The molecule has 19 heavy (non-hydrogen) atoms. The molecule has 1 heterocycles. The average molecular weight is 282 g/mol. The molecule has 0 aromatic heterocycles. The largest absolute Gasteiger partial charge is 0.474 e. The summed E-state index contributed by atoms with van der Waals surface area (Å²) in [6.07, 6.45) is -1.84. The fourth-order valence-electron chi connectivity index (χ4n) is 2.22. The van der Waals surface area contributed by atoms with E-state index in [4.69, 9.17) is 21.7 Å². The molecule has 1 fully saturated rings. The van der Waals surface area contributed by atoms with Gasteiger partial charge in [-0.1, -0.05) is 30.3 Å². The quantitative estimate of drug-likeness (QED) is 0.818. The van der Waals surface area contributed by atoms with Gasteiger partial charge >= 0.3 is 0 Å². The third kappa shape index (κ3) is 2.79. The molecule has 1 aliphatic rings. The van der Waals surface area contributed by atoms with E-state index in [2.05, 4.69) is 0 Å². The molecule has 4 atom stereocenters. The fourth-order valence-corrected chi connectivity index (χ4v) is 2.47. The van der Waals surface area contributed by atoms with Crippen molar-refractivity contribution in [1.29, 1.82) is 0 Å². The van der Waals surface area contributed by atoms with Gasteiger partial charge in [-0.2, -0.15) is 0 Å². The van der Waals surface area contributed by atoms with E-state index in [1.807, 2.05) is 30.3 Å². The number of aliphatic hydroxyl groups excluding tert-OH is 2. The molecule has 0 amide bonds. The highest BCUT2D eigenvalue weighted by Gasteiger charge is 2.51. The number of ether oxygens (including phenoxy) is 2. The minimum atomic E-state index is -1.00. The molecule has 1 aromatic carbocycles. The topological polar surface area (TPSA) is 58.9 Å². The molecule has 1 aromatic rings. The molecule has 0 saturated carbocycles. The summed E-state index contributed by atoms with van der Waals surface area (Å²) >= 11 is 5.22. The summed E-state index contributed by atoms with van der Waals surface area (Å²) in [5, 5.41) is 19.8. The Morgan fingerprint density at radius 1 is 1.42 bits per heavy atom. The highest BCUT2D eigenvalue weighted by molar-refractivity contribution is 7.80. The van der Waals surface area contributed by atoms with Gasteiger partial charge in [0, 0.05) is 5.56 Å². The number of thiocarbonyl (C=S) groups is 1. The summed E-state index contributed by atoms with van der Waals surface area (Å²) in [6.45, 7) is 3.18. The summed E-state index contributed by atoms with van der Waals surface area (Å²) in [7, 11) is 0. The molecule has 0 bridgehead atoms. The van der Waals surface area contributed by atoms with Gasteiger partial charge in [-0.3, -0.25) is 0 Å². The van der Waals surface area contributed by atoms with Crippen LogP contribution in [0.5, 0.6) is 0 Å². The number of hydrogen-bond donors (Lipinski definition) is 2. The Morgan fingerprint density at radius 3 is 2.58 bits per heavy atom. The van der Waals surface area contributed by atoms with Crippen molar-refractivity contribution < 1.29 is 19.7 Å². The van der Waals surface area contributed by atoms with Crippen molar-refractivity contribution in [2.45, 2.75) is 37.8 Å². The maximum Gasteiger partial charge on any atom is 0.191 e. The second-order valence-corrected chi connectivity index (χ2v) is 5.35. The molecule has 2 N–H and O–H groups in total. The van der Waals surface area contributed by atoms with E-state index < -0.39 is 17.8 Å². The SMILES string of the molecule is C[C@@H]1O[C@](C)(CO)[C@H](O)C1OC(=S)c1ccccc1. The van der Waals surface area contributed by atoms with Crippen LogP contribution in [0.25, 0.3) is 0 Å². The minimum absolute atomic E-state index is 0.267. The molecule has 2 rings (SSSR count). The van der Waals surface area contributed by atoms with Crippen LogP contribution in [0.3, 0.4) is 0 Å². The molecule has 1 unspecified atom stereocenters. The van der Waals surface area contributed by atoms with Gasteiger partial charge < -0.3 is 19.7 Å². The first-order valence-corrected chi connectivity index (χ1v) is 6.61. The first kappa shape index (κ1) is 14.4. The third-order valence-corrected chi connectivity index (χ3v) is 3.75. The van der Waals surface area contributed by atoms with Crippen LogP contribution in [0.15, 0.2) is 30.3 Å². The van der Waals surface area contributed by atoms with Gasteiger partial charge in [-0.05, 0) is 26.1 Å². The second kappa shape index (κ2) is 5.54. The molecule has 104 valence electrons. The summed E-state index contributed by atoms with van der Waals surface area (Å²) < 4.78 is 11.2. The number of benzene rings is 1.